The monoisotopic (exact) mass is 280 g/mol. The summed E-state index contributed by atoms with van der Waals surface area (Å²) in [6.45, 7) is 6.26. The van der Waals surface area contributed by atoms with Crippen LogP contribution in [0.3, 0.4) is 0 Å². The van der Waals surface area contributed by atoms with Crippen molar-refractivity contribution in [3.63, 3.8) is 0 Å². The number of aliphatic hydroxyl groups is 1. The summed E-state index contributed by atoms with van der Waals surface area (Å²) in [5.41, 5.74) is 0.672. The first kappa shape index (κ1) is 15.4. The summed E-state index contributed by atoms with van der Waals surface area (Å²) >= 11 is 0. The molecule has 1 aliphatic heterocycles. The normalized spacial score (nSPS) is 22.9. The molecule has 20 heavy (non-hydrogen) atoms. The van der Waals surface area contributed by atoms with Gasteiger partial charge in [-0.15, -0.1) is 0 Å². The summed E-state index contributed by atoms with van der Waals surface area (Å²) in [5, 5.41) is 10.1. The fraction of sp³-hybridized carbons (Fsp3) is 0.625. The Morgan fingerprint density at radius 1 is 1.40 bits per heavy atom. The lowest BCUT2D eigenvalue weighted by molar-refractivity contribution is 0.0754. The molecule has 2 rings (SSSR count). The molecule has 1 N–H and O–H groups in total. The number of benzene rings is 1. The fourth-order valence-corrected chi connectivity index (χ4v) is 2.84. The highest BCUT2D eigenvalue weighted by atomic mass is 19.1. The van der Waals surface area contributed by atoms with E-state index in [-0.39, 0.29) is 5.82 Å². The summed E-state index contributed by atoms with van der Waals surface area (Å²) in [5.74, 6) is -0.285. The average Bonchev–Trinajstić information content (AvgIpc) is 2.46. The van der Waals surface area contributed by atoms with Gasteiger partial charge < -0.3 is 14.9 Å². The van der Waals surface area contributed by atoms with Crippen molar-refractivity contribution >= 4 is 0 Å². The molecule has 0 saturated carbocycles. The molecule has 0 radical (unpaired) electrons. The van der Waals surface area contributed by atoms with Gasteiger partial charge in [0.1, 0.15) is 5.82 Å². The number of rotatable bonds is 5. The minimum atomic E-state index is -0.578. The molecule has 3 nitrogen and oxygen atoms in total. The van der Waals surface area contributed by atoms with Crippen LogP contribution in [0.4, 0.5) is 4.39 Å². The minimum absolute atomic E-state index is 0.285. The number of piperazine rings is 1. The molecule has 4 heteroatoms. The highest BCUT2D eigenvalue weighted by Gasteiger charge is 2.23. The number of likely N-dealkylation sites (N-methyl/N-ethyl adjacent to an activating group) is 1. The highest BCUT2D eigenvalue weighted by molar-refractivity contribution is 5.18. The molecule has 0 bridgehead atoms. The lowest BCUT2D eigenvalue weighted by Crippen LogP contribution is -2.51. The fourth-order valence-electron chi connectivity index (χ4n) is 2.84. The zero-order valence-corrected chi connectivity index (χ0v) is 12.4. The predicted octanol–water partition coefficient (Wildman–Crippen LogP) is 2.28. The van der Waals surface area contributed by atoms with Crippen molar-refractivity contribution in [2.75, 3.05) is 33.2 Å². The van der Waals surface area contributed by atoms with E-state index in [1.54, 1.807) is 12.1 Å². The largest absolute Gasteiger partial charge is 0.388 e. The molecule has 1 saturated heterocycles. The van der Waals surface area contributed by atoms with Gasteiger partial charge in [0, 0.05) is 32.2 Å². The zero-order valence-electron chi connectivity index (χ0n) is 12.4. The van der Waals surface area contributed by atoms with E-state index in [0.717, 1.165) is 32.6 Å². The van der Waals surface area contributed by atoms with Crippen molar-refractivity contribution in [1.82, 2.24) is 9.80 Å². The van der Waals surface area contributed by atoms with Crippen LogP contribution in [0.2, 0.25) is 0 Å². The van der Waals surface area contributed by atoms with Crippen LogP contribution in [0, 0.1) is 5.82 Å². The van der Waals surface area contributed by atoms with Crippen LogP contribution in [0.15, 0.2) is 24.3 Å². The van der Waals surface area contributed by atoms with E-state index in [2.05, 4.69) is 23.8 Å². The van der Waals surface area contributed by atoms with Crippen LogP contribution in [-0.2, 0) is 0 Å². The van der Waals surface area contributed by atoms with Crippen LogP contribution in [0.5, 0.6) is 0 Å². The maximum atomic E-state index is 13.1. The van der Waals surface area contributed by atoms with E-state index in [1.165, 1.54) is 12.1 Å². The summed E-state index contributed by atoms with van der Waals surface area (Å²) in [4.78, 5) is 4.80. The van der Waals surface area contributed by atoms with Gasteiger partial charge in [0.15, 0.2) is 0 Å². The second-order valence-electron chi connectivity index (χ2n) is 5.70. The van der Waals surface area contributed by atoms with Gasteiger partial charge >= 0.3 is 0 Å². The van der Waals surface area contributed by atoms with Gasteiger partial charge in [0.2, 0.25) is 0 Å². The van der Waals surface area contributed by atoms with Gasteiger partial charge in [0.25, 0.3) is 0 Å². The van der Waals surface area contributed by atoms with E-state index in [1.807, 2.05) is 0 Å². The number of hydrogen-bond acceptors (Lipinski definition) is 3. The van der Waals surface area contributed by atoms with Crippen LogP contribution >= 0.6 is 0 Å². The molecule has 0 aliphatic carbocycles. The summed E-state index contributed by atoms with van der Waals surface area (Å²) in [6.07, 6.45) is 1.23. The van der Waals surface area contributed by atoms with E-state index >= 15 is 0 Å². The standard InChI is InChI=1S/C16H25FN2O/c1-3-15-12-19(10-9-18(15)2)8-7-16(20)13-5-4-6-14(17)11-13/h4-6,11,15-16,20H,3,7-10,12H2,1-2H3. The Bertz CT molecular complexity index is 427. The lowest BCUT2D eigenvalue weighted by Gasteiger charge is -2.39. The molecule has 1 aromatic rings. The molecule has 0 amide bonds. The van der Waals surface area contributed by atoms with Gasteiger partial charge in [-0.1, -0.05) is 19.1 Å². The first-order valence-corrected chi connectivity index (χ1v) is 7.46. The molecule has 112 valence electrons. The van der Waals surface area contributed by atoms with Crippen molar-refractivity contribution in [3.05, 3.63) is 35.6 Å². The number of aliphatic hydroxyl groups excluding tert-OH is 1. The van der Waals surface area contributed by atoms with E-state index < -0.39 is 6.10 Å². The predicted molar refractivity (Wildman–Crippen MR) is 79.1 cm³/mol. The molecule has 0 spiro atoms. The Labute approximate surface area is 121 Å². The highest BCUT2D eigenvalue weighted by Crippen LogP contribution is 2.19. The number of halogens is 1. The first-order chi connectivity index (χ1) is 9.60. The van der Waals surface area contributed by atoms with Crippen LogP contribution in [-0.4, -0.2) is 54.2 Å². The van der Waals surface area contributed by atoms with Gasteiger partial charge in [0.05, 0.1) is 6.10 Å². The van der Waals surface area contributed by atoms with E-state index in [4.69, 9.17) is 0 Å². The smallest absolute Gasteiger partial charge is 0.123 e. The van der Waals surface area contributed by atoms with Crippen molar-refractivity contribution in [1.29, 1.82) is 0 Å². The molecular formula is C16H25FN2O. The average molecular weight is 280 g/mol. The molecule has 2 atom stereocenters. The van der Waals surface area contributed by atoms with Gasteiger partial charge in [-0.25, -0.2) is 4.39 Å². The maximum Gasteiger partial charge on any atom is 0.123 e. The van der Waals surface area contributed by atoms with Gasteiger partial charge in [-0.05, 0) is 37.6 Å². The quantitative estimate of drug-likeness (QED) is 0.896. The van der Waals surface area contributed by atoms with E-state index in [0.29, 0.717) is 18.0 Å². The molecule has 1 aliphatic rings. The SMILES string of the molecule is CCC1CN(CCC(O)c2cccc(F)c2)CCN1C. The molecule has 1 heterocycles. The topological polar surface area (TPSA) is 26.7 Å². The first-order valence-electron chi connectivity index (χ1n) is 7.46. The molecule has 2 unspecified atom stereocenters. The third-order valence-electron chi connectivity index (χ3n) is 4.28. The Balaban J connectivity index is 1.83. The van der Waals surface area contributed by atoms with Crippen molar-refractivity contribution in [2.45, 2.75) is 31.9 Å². The molecular weight excluding hydrogens is 255 g/mol. The van der Waals surface area contributed by atoms with Crippen molar-refractivity contribution in [2.24, 2.45) is 0 Å². The van der Waals surface area contributed by atoms with E-state index in [9.17, 15) is 9.50 Å². The van der Waals surface area contributed by atoms with Gasteiger partial charge in [-0.2, -0.15) is 0 Å². The summed E-state index contributed by atoms with van der Waals surface area (Å²) < 4.78 is 13.1. The molecule has 1 fully saturated rings. The Morgan fingerprint density at radius 3 is 2.90 bits per heavy atom. The second kappa shape index (κ2) is 7.16. The van der Waals surface area contributed by atoms with Crippen LogP contribution in [0.25, 0.3) is 0 Å². The Kier molecular flexibility index (Phi) is 5.52. The Hall–Kier alpha value is -0.970. The molecule has 1 aromatic carbocycles. The number of nitrogens with zero attached hydrogens (tertiary/aromatic N) is 2. The minimum Gasteiger partial charge on any atom is -0.388 e. The zero-order chi connectivity index (χ0) is 14.5. The van der Waals surface area contributed by atoms with Crippen LogP contribution < -0.4 is 0 Å². The third-order valence-corrected chi connectivity index (χ3v) is 4.28. The Morgan fingerprint density at radius 2 is 2.20 bits per heavy atom. The van der Waals surface area contributed by atoms with Gasteiger partial charge in [-0.3, -0.25) is 0 Å². The van der Waals surface area contributed by atoms with Crippen molar-refractivity contribution in [3.8, 4) is 0 Å². The van der Waals surface area contributed by atoms with Crippen LogP contribution in [0.1, 0.15) is 31.4 Å². The lowest BCUT2D eigenvalue weighted by atomic mass is 10.1. The summed E-state index contributed by atoms with van der Waals surface area (Å²) in [6, 6.07) is 6.87. The number of hydrogen-bond donors (Lipinski definition) is 1. The summed E-state index contributed by atoms with van der Waals surface area (Å²) in [7, 11) is 2.17. The van der Waals surface area contributed by atoms with Crippen molar-refractivity contribution < 1.29 is 9.50 Å². The maximum absolute atomic E-state index is 13.1. The third kappa shape index (κ3) is 4.01. The molecule has 0 aromatic heterocycles. The second-order valence-corrected chi connectivity index (χ2v) is 5.70.